The Morgan fingerprint density at radius 1 is 1.25 bits per heavy atom. The molecule has 1 amide bonds. The van der Waals surface area contributed by atoms with Crippen molar-refractivity contribution in [2.75, 3.05) is 20.2 Å². The normalized spacial score (nSPS) is 19.7. The standard InChI is InChI=1S/C19H25NO4/c1-18(2,3)17(22)20-9-7-19(8-10-20)12-15(21)14-11-13(23-4)5-6-16(14)24-19/h5-6,11H,7-10,12H2,1-4H3. The summed E-state index contributed by atoms with van der Waals surface area (Å²) < 4.78 is 11.4. The molecule has 0 unspecified atom stereocenters. The Bertz CT molecular complexity index is 666. The zero-order valence-corrected chi connectivity index (χ0v) is 14.8. The highest BCUT2D eigenvalue weighted by Crippen LogP contribution is 2.41. The van der Waals surface area contributed by atoms with Gasteiger partial charge in [-0.3, -0.25) is 9.59 Å². The highest BCUT2D eigenvalue weighted by molar-refractivity contribution is 6.00. The molecule has 1 aromatic carbocycles. The van der Waals surface area contributed by atoms with E-state index in [1.807, 2.05) is 31.7 Å². The van der Waals surface area contributed by atoms with Gasteiger partial charge in [-0.1, -0.05) is 20.8 Å². The van der Waals surface area contributed by atoms with Crippen LogP contribution in [0.4, 0.5) is 0 Å². The Morgan fingerprint density at radius 2 is 1.92 bits per heavy atom. The highest BCUT2D eigenvalue weighted by atomic mass is 16.5. The van der Waals surface area contributed by atoms with Gasteiger partial charge in [-0.05, 0) is 18.2 Å². The fourth-order valence-corrected chi connectivity index (χ4v) is 3.47. The molecule has 1 spiro atoms. The van der Waals surface area contributed by atoms with Gasteiger partial charge < -0.3 is 14.4 Å². The van der Waals surface area contributed by atoms with E-state index in [-0.39, 0.29) is 17.1 Å². The topological polar surface area (TPSA) is 55.8 Å². The van der Waals surface area contributed by atoms with E-state index in [4.69, 9.17) is 9.47 Å². The number of ether oxygens (including phenoxy) is 2. The molecule has 0 atom stereocenters. The van der Waals surface area contributed by atoms with Crippen LogP contribution in [0.15, 0.2) is 18.2 Å². The quantitative estimate of drug-likeness (QED) is 0.793. The van der Waals surface area contributed by atoms with Crippen LogP contribution >= 0.6 is 0 Å². The second kappa shape index (κ2) is 5.80. The molecule has 0 bridgehead atoms. The molecule has 1 aromatic rings. The van der Waals surface area contributed by atoms with E-state index >= 15 is 0 Å². The Morgan fingerprint density at radius 3 is 2.50 bits per heavy atom. The molecule has 5 heteroatoms. The molecular weight excluding hydrogens is 306 g/mol. The van der Waals surface area contributed by atoms with Crippen LogP contribution in [0.3, 0.4) is 0 Å². The number of methoxy groups -OCH3 is 1. The summed E-state index contributed by atoms with van der Waals surface area (Å²) >= 11 is 0. The smallest absolute Gasteiger partial charge is 0.227 e. The summed E-state index contributed by atoms with van der Waals surface area (Å²) in [5.41, 5.74) is -0.266. The number of hydrogen-bond acceptors (Lipinski definition) is 4. The summed E-state index contributed by atoms with van der Waals surface area (Å²) in [6.07, 6.45) is 1.74. The van der Waals surface area contributed by atoms with Gasteiger partial charge in [0.1, 0.15) is 17.1 Å². The highest BCUT2D eigenvalue weighted by Gasteiger charge is 2.44. The van der Waals surface area contributed by atoms with Crippen molar-refractivity contribution in [1.82, 2.24) is 4.90 Å². The summed E-state index contributed by atoms with van der Waals surface area (Å²) in [5.74, 6) is 1.53. The molecule has 5 nitrogen and oxygen atoms in total. The Balaban J connectivity index is 1.75. The lowest BCUT2D eigenvalue weighted by Crippen LogP contribution is -2.53. The number of rotatable bonds is 1. The first-order valence-electron chi connectivity index (χ1n) is 8.44. The largest absolute Gasteiger partial charge is 0.497 e. The average Bonchev–Trinajstić information content (AvgIpc) is 2.54. The van der Waals surface area contributed by atoms with Crippen molar-refractivity contribution in [1.29, 1.82) is 0 Å². The van der Waals surface area contributed by atoms with Gasteiger partial charge in [0.2, 0.25) is 5.91 Å². The SMILES string of the molecule is COc1ccc2c(c1)C(=O)CC1(CCN(C(=O)C(C)(C)C)CC1)O2. The van der Waals surface area contributed by atoms with Crippen LogP contribution in [0.1, 0.15) is 50.4 Å². The van der Waals surface area contributed by atoms with E-state index in [0.29, 0.717) is 49.4 Å². The molecule has 2 heterocycles. The number of Topliss-reactive ketones (excluding diaryl/α,β-unsaturated/α-hetero) is 1. The number of ketones is 1. The third kappa shape index (κ3) is 2.99. The van der Waals surface area contributed by atoms with Gasteiger partial charge in [-0.25, -0.2) is 0 Å². The van der Waals surface area contributed by atoms with Crippen molar-refractivity contribution >= 4 is 11.7 Å². The van der Waals surface area contributed by atoms with Crippen LogP contribution in [0.2, 0.25) is 0 Å². The van der Waals surface area contributed by atoms with Crippen molar-refractivity contribution in [2.24, 2.45) is 5.41 Å². The van der Waals surface area contributed by atoms with E-state index in [0.717, 1.165) is 0 Å². The molecule has 0 N–H and O–H groups in total. The van der Waals surface area contributed by atoms with Crippen molar-refractivity contribution in [3.05, 3.63) is 23.8 Å². The molecule has 3 rings (SSSR count). The lowest BCUT2D eigenvalue weighted by atomic mass is 9.81. The number of likely N-dealkylation sites (tertiary alicyclic amines) is 1. The van der Waals surface area contributed by atoms with E-state index in [2.05, 4.69) is 0 Å². The summed E-state index contributed by atoms with van der Waals surface area (Å²) in [6, 6.07) is 5.35. The third-order valence-electron chi connectivity index (χ3n) is 4.90. The molecule has 2 aliphatic rings. The molecule has 0 saturated carbocycles. The molecule has 24 heavy (non-hydrogen) atoms. The molecule has 0 aliphatic carbocycles. The van der Waals surface area contributed by atoms with Crippen LogP contribution in [0.25, 0.3) is 0 Å². The van der Waals surface area contributed by atoms with E-state index in [9.17, 15) is 9.59 Å². The lowest BCUT2D eigenvalue weighted by molar-refractivity contribution is -0.143. The number of carbonyl (C=O) groups excluding carboxylic acids is 2. The maximum Gasteiger partial charge on any atom is 0.227 e. The van der Waals surface area contributed by atoms with Crippen LogP contribution < -0.4 is 9.47 Å². The minimum atomic E-state index is -0.479. The van der Waals surface area contributed by atoms with Crippen molar-refractivity contribution in [3.8, 4) is 11.5 Å². The van der Waals surface area contributed by atoms with Gasteiger partial charge in [-0.15, -0.1) is 0 Å². The lowest BCUT2D eigenvalue weighted by Gasteiger charge is -2.45. The Hall–Kier alpha value is -2.04. The summed E-state index contributed by atoms with van der Waals surface area (Å²) in [6.45, 7) is 7.07. The van der Waals surface area contributed by atoms with Gasteiger partial charge in [0.05, 0.1) is 19.1 Å². The second-order valence-electron chi connectivity index (χ2n) is 7.79. The molecule has 1 fully saturated rings. The third-order valence-corrected chi connectivity index (χ3v) is 4.90. The Labute approximate surface area is 142 Å². The first-order chi connectivity index (χ1) is 11.2. The second-order valence-corrected chi connectivity index (χ2v) is 7.79. The maximum atomic E-state index is 12.6. The summed E-state index contributed by atoms with van der Waals surface area (Å²) in [4.78, 5) is 26.9. The van der Waals surface area contributed by atoms with Crippen LogP contribution in [0.5, 0.6) is 11.5 Å². The number of benzene rings is 1. The Kier molecular flexibility index (Phi) is 4.06. The van der Waals surface area contributed by atoms with Gasteiger partial charge in [-0.2, -0.15) is 0 Å². The van der Waals surface area contributed by atoms with Crippen LogP contribution in [0, 0.1) is 5.41 Å². The van der Waals surface area contributed by atoms with E-state index in [1.165, 1.54) is 0 Å². The monoisotopic (exact) mass is 331 g/mol. The average molecular weight is 331 g/mol. The fourth-order valence-electron chi connectivity index (χ4n) is 3.47. The minimum absolute atomic E-state index is 0.0887. The van der Waals surface area contributed by atoms with Gasteiger partial charge >= 0.3 is 0 Å². The van der Waals surface area contributed by atoms with Crippen LogP contribution in [-0.2, 0) is 4.79 Å². The summed E-state index contributed by atoms with van der Waals surface area (Å²) in [7, 11) is 1.58. The molecule has 130 valence electrons. The number of amides is 1. The molecule has 2 aliphatic heterocycles. The number of nitrogens with zero attached hydrogens (tertiary/aromatic N) is 1. The molecule has 0 radical (unpaired) electrons. The summed E-state index contributed by atoms with van der Waals surface area (Å²) in [5, 5.41) is 0. The zero-order valence-electron chi connectivity index (χ0n) is 14.8. The van der Waals surface area contributed by atoms with E-state index < -0.39 is 5.60 Å². The van der Waals surface area contributed by atoms with Crippen molar-refractivity contribution in [3.63, 3.8) is 0 Å². The first-order valence-corrected chi connectivity index (χ1v) is 8.44. The number of fused-ring (bicyclic) bond motifs is 1. The molecular formula is C19H25NO4. The van der Waals surface area contributed by atoms with Gasteiger partial charge in [0.15, 0.2) is 5.78 Å². The number of hydrogen-bond donors (Lipinski definition) is 0. The van der Waals surface area contributed by atoms with Crippen LogP contribution in [-0.4, -0.2) is 42.4 Å². The molecule has 1 saturated heterocycles. The van der Waals surface area contributed by atoms with Gasteiger partial charge in [0.25, 0.3) is 0 Å². The van der Waals surface area contributed by atoms with E-state index in [1.54, 1.807) is 19.2 Å². The predicted molar refractivity (Wildman–Crippen MR) is 90.6 cm³/mol. The maximum absolute atomic E-state index is 12.6. The minimum Gasteiger partial charge on any atom is -0.497 e. The van der Waals surface area contributed by atoms with Crippen molar-refractivity contribution < 1.29 is 19.1 Å². The fraction of sp³-hybridized carbons (Fsp3) is 0.579. The first kappa shape index (κ1) is 16.8. The zero-order chi connectivity index (χ0) is 17.5. The number of carbonyl (C=O) groups is 2. The predicted octanol–water partition coefficient (Wildman–Crippen LogP) is 3.07. The van der Waals surface area contributed by atoms with Crippen molar-refractivity contribution in [2.45, 2.75) is 45.6 Å². The number of piperidine rings is 1. The van der Waals surface area contributed by atoms with Gasteiger partial charge in [0, 0.05) is 31.3 Å². The molecule has 0 aromatic heterocycles.